The maximum absolute atomic E-state index is 13.8. The van der Waals surface area contributed by atoms with Crippen LogP contribution in [0.4, 0.5) is 14.6 Å². The number of hydrogen-bond acceptors (Lipinski definition) is 4. The average molecular weight is 500 g/mol. The van der Waals surface area contributed by atoms with Crippen molar-refractivity contribution in [3.05, 3.63) is 82.3 Å². The van der Waals surface area contributed by atoms with Crippen molar-refractivity contribution in [3.63, 3.8) is 0 Å². The van der Waals surface area contributed by atoms with Gasteiger partial charge in [-0.2, -0.15) is 0 Å². The summed E-state index contributed by atoms with van der Waals surface area (Å²) in [6.07, 6.45) is -0.312. The quantitative estimate of drug-likeness (QED) is 0.525. The van der Waals surface area contributed by atoms with Gasteiger partial charge in [0.25, 0.3) is 11.8 Å². The molecule has 0 unspecified atom stereocenters. The number of piperidine rings is 1. The average Bonchev–Trinajstić information content (AvgIpc) is 3.08. The molecule has 9 heteroatoms. The van der Waals surface area contributed by atoms with Crippen LogP contribution in [0, 0.1) is 0 Å². The Hall–Kier alpha value is -2.97. The van der Waals surface area contributed by atoms with Crippen LogP contribution >= 0.6 is 11.6 Å². The molecule has 0 aliphatic carbocycles. The Morgan fingerprint density at radius 2 is 1.69 bits per heavy atom. The van der Waals surface area contributed by atoms with Crippen molar-refractivity contribution in [1.82, 2.24) is 19.4 Å². The number of aromatic nitrogens is 2. The molecule has 1 saturated heterocycles. The van der Waals surface area contributed by atoms with Gasteiger partial charge in [-0.3, -0.25) is 9.69 Å². The van der Waals surface area contributed by atoms with Crippen LogP contribution in [0.3, 0.4) is 0 Å². The van der Waals surface area contributed by atoms with Gasteiger partial charge in [-0.15, -0.1) is 0 Å². The fourth-order valence-electron chi connectivity index (χ4n) is 4.70. The standard InChI is InChI=1S/C26H28ClF2N5O/c27-21-8-4-7-20(15-21)16-33-14-11-30-24-23(25(33)35)34(17-19-5-2-1-3-6-19)22(31-24)18-32-12-9-26(28,29)10-13-32/h1-8,15,30H,9-14,16-18H2. The van der Waals surface area contributed by atoms with Crippen molar-refractivity contribution in [1.29, 1.82) is 0 Å². The lowest BCUT2D eigenvalue weighted by Crippen LogP contribution is -2.39. The fraction of sp³-hybridized carbons (Fsp3) is 0.385. The SMILES string of the molecule is O=C1c2c(nc(CN3CCC(F)(F)CC3)n2Cc2ccccc2)NCCN1Cc1cccc(Cl)c1. The van der Waals surface area contributed by atoms with E-state index in [1.807, 2.05) is 64.1 Å². The summed E-state index contributed by atoms with van der Waals surface area (Å²) in [6, 6.07) is 17.4. The first-order chi connectivity index (χ1) is 16.9. The molecular weight excluding hydrogens is 472 g/mol. The van der Waals surface area contributed by atoms with Gasteiger partial charge < -0.3 is 14.8 Å². The number of likely N-dealkylation sites (tertiary alicyclic amines) is 1. The number of nitrogens with zero attached hydrogens (tertiary/aromatic N) is 4. The molecule has 0 saturated carbocycles. The number of imidazole rings is 1. The molecule has 0 atom stereocenters. The van der Waals surface area contributed by atoms with Gasteiger partial charge in [0.1, 0.15) is 5.82 Å². The molecule has 6 nitrogen and oxygen atoms in total. The van der Waals surface area contributed by atoms with Crippen LogP contribution in [0.25, 0.3) is 0 Å². The zero-order valence-electron chi connectivity index (χ0n) is 19.4. The Kier molecular flexibility index (Phi) is 6.75. The van der Waals surface area contributed by atoms with E-state index in [1.165, 1.54) is 0 Å². The van der Waals surface area contributed by atoms with E-state index in [2.05, 4.69) is 5.32 Å². The number of alkyl halides is 2. The highest BCUT2D eigenvalue weighted by Gasteiger charge is 2.35. The first-order valence-corrected chi connectivity index (χ1v) is 12.3. The van der Waals surface area contributed by atoms with Gasteiger partial charge in [-0.1, -0.05) is 54.1 Å². The molecule has 3 aromatic rings. The van der Waals surface area contributed by atoms with E-state index in [9.17, 15) is 13.6 Å². The number of benzene rings is 2. The van der Waals surface area contributed by atoms with Crippen LogP contribution in [0.2, 0.25) is 5.02 Å². The lowest BCUT2D eigenvalue weighted by Gasteiger charge is -2.31. The highest BCUT2D eigenvalue weighted by Crippen LogP contribution is 2.30. The Bertz CT molecular complexity index is 1190. The third-order valence-electron chi connectivity index (χ3n) is 6.61. The van der Waals surface area contributed by atoms with Crippen molar-refractivity contribution in [2.45, 2.75) is 38.4 Å². The van der Waals surface area contributed by atoms with E-state index in [0.717, 1.165) is 11.1 Å². The number of amides is 1. The van der Waals surface area contributed by atoms with Gasteiger partial charge >= 0.3 is 0 Å². The number of anilines is 1. The maximum atomic E-state index is 13.8. The lowest BCUT2D eigenvalue weighted by molar-refractivity contribution is -0.0571. The van der Waals surface area contributed by atoms with E-state index in [0.29, 0.717) is 68.2 Å². The monoisotopic (exact) mass is 499 g/mol. The highest BCUT2D eigenvalue weighted by atomic mass is 35.5. The topological polar surface area (TPSA) is 53.4 Å². The largest absolute Gasteiger partial charge is 0.366 e. The summed E-state index contributed by atoms with van der Waals surface area (Å²) in [4.78, 5) is 22.4. The Labute approximate surface area is 208 Å². The minimum absolute atomic E-state index is 0.107. The minimum atomic E-state index is -2.61. The Balaban J connectivity index is 1.46. The molecule has 5 rings (SSSR count). The Morgan fingerprint density at radius 1 is 0.943 bits per heavy atom. The summed E-state index contributed by atoms with van der Waals surface area (Å²) < 4.78 is 29.3. The van der Waals surface area contributed by atoms with Crippen molar-refractivity contribution in [3.8, 4) is 0 Å². The van der Waals surface area contributed by atoms with Gasteiger partial charge in [0.05, 0.1) is 6.54 Å². The predicted octanol–water partition coefficient (Wildman–Crippen LogP) is 4.88. The van der Waals surface area contributed by atoms with Crippen molar-refractivity contribution >= 4 is 23.3 Å². The van der Waals surface area contributed by atoms with Crippen LogP contribution in [-0.2, 0) is 19.6 Å². The summed E-state index contributed by atoms with van der Waals surface area (Å²) in [5, 5.41) is 3.95. The van der Waals surface area contributed by atoms with Crippen molar-refractivity contribution < 1.29 is 13.6 Å². The molecule has 35 heavy (non-hydrogen) atoms. The third-order valence-corrected chi connectivity index (χ3v) is 6.84. The molecule has 3 heterocycles. The summed E-state index contributed by atoms with van der Waals surface area (Å²) in [5.74, 6) is -1.46. The van der Waals surface area contributed by atoms with Crippen LogP contribution in [0.1, 0.15) is 40.3 Å². The number of halogens is 3. The molecule has 1 N–H and O–H groups in total. The molecular formula is C26H28ClF2N5O. The maximum Gasteiger partial charge on any atom is 0.274 e. The summed E-state index contributed by atoms with van der Waals surface area (Å²) in [7, 11) is 0. The second-order valence-corrected chi connectivity index (χ2v) is 9.65. The van der Waals surface area contributed by atoms with Crippen molar-refractivity contribution in [2.24, 2.45) is 0 Å². The molecule has 0 bridgehead atoms. The zero-order valence-corrected chi connectivity index (χ0v) is 20.1. The number of hydrogen-bond donors (Lipinski definition) is 1. The molecule has 2 aliphatic rings. The van der Waals surface area contributed by atoms with Gasteiger partial charge in [-0.05, 0) is 23.3 Å². The number of carbonyl (C=O) groups excluding carboxylic acids is 1. The third kappa shape index (κ3) is 5.49. The Morgan fingerprint density at radius 3 is 2.43 bits per heavy atom. The highest BCUT2D eigenvalue weighted by molar-refractivity contribution is 6.30. The van der Waals surface area contributed by atoms with Crippen LogP contribution in [0.5, 0.6) is 0 Å². The molecule has 184 valence electrons. The lowest BCUT2D eigenvalue weighted by atomic mass is 10.1. The minimum Gasteiger partial charge on any atom is -0.366 e. The smallest absolute Gasteiger partial charge is 0.274 e. The molecule has 1 aromatic heterocycles. The fourth-order valence-corrected chi connectivity index (χ4v) is 4.91. The molecule has 1 fully saturated rings. The molecule has 2 aromatic carbocycles. The number of nitrogens with one attached hydrogen (secondary N) is 1. The first-order valence-electron chi connectivity index (χ1n) is 11.9. The van der Waals surface area contributed by atoms with E-state index in [-0.39, 0.29) is 18.7 Å². The predicted molar refractivity (Wildman–Crippen MR) is 132 cm³/mol. The molecule has 0 radical (unpaired) electrons. The van der Waals surface area contributed by atoms with E-state index in [1.54, 1.807) is 4.90 Å². The zero-order chi connectivity index (χ0) is 24.4. The first kappa shape index (κ1) is 23.8. The molecule has 2 aliphatic heterocycles. The summed E-state index contributed by atoms with van der Waals surface area (Å²) in [5.41, 5.74) is 2.50. The van der Waals surface area contributed by atoms with Gasteiger partial charge in [-0.25, -0.2) is 13.8 Å². The van der Waals surface area contributed by atoms with Crippen LogP contribution in [-0.4, -0.2) is 57.4 Å². The van der Waals surface area contributed by atoms with Crippen LogP contribution in [0.15, 0.2) is 54.6 Å². The number of fused-ring (bicyclic) bond motifs is 1. The van der Waals surface area contributed by atoms with Gasteiger partial charge in [0.2, 0.25) is 0 Å². The summed E-state index contributed by atoms with van der Waals surface area (Å²) >= 11 is 6.16. The number of rotatable bonds is 6. The molecule has 0 spiro atoms. The van der Waals surface area contributed by atoms with Gasteiger partial charge in [0.15, 0.2) is 11.5 Å². The van der Waals surface area contributed by atoms with E-state index >= 15 is 0 Å². The summed E-state index contributed by atoms with van der Waals surface area (Å²) in [6.45, 7) is 3.03. The normalized spacial score (nSPS) is 18.1. The van der Waals surface area contributed by atoms with E-state index in [4.69, 9.17) is 16.6 Å². The molecule has 1 amide bonds. The van der Waals surface area contributed by atoms with Crippen molar-refractivity contribution in [2.75, 3.05) is 31.5 Å². The van der Waals surface area contributed by atoms with E-state index < -0.39 is 5.92 Å². The number of carbonyl (C=O) groups is 1. The van der Waals surface area contributed by atoms with Crippen LogP contribution < -0.4 is 5.32 Å². The van der Waals surface area contributed by atoms with Gasteiger partial charge in [0, 0.05) is 57.1 Å². The second kappa shape index (κ2) is 9.95. The second-order valence-electron chi connectivity index (χ2n) is 9.21.